The van der Waals surface area contributed by atoms with Crippen LogP contribution in [0.25, 0.3) is 0 Å². The summed E-state index contributed by atoms with van der Waals surface area (Å²) >= 11 is 0. The van der Waals surface area contributed by atoms with Crippen molar-refractivity contribution in [2.75, 3.05) is 31.1 Å². The van der Waals surface area contributed by atoms with E-state index in [0.717, 1.165) is 0 Å². The van der Waals surface area contributed by atoms with Crippen LogP contribution in [0.15, 0.2) is 40.9 Å². The molecule has 0 bridgehead atoms. The number of piperazine rings is 1. The summed E-state index contributed by atoms with van der Waals surface area (Å²) in [7, 11) is 0. The average Bonchev–Trinajstić information content (AvgIpc) is 3.10. The molecular weight excluding hydrogens is 334 g/mol. The van der Waals surface area contributed by atoms with Crippen molar-refractivity contribution < 1.29 is 18.7 Å². The lowest BCUT2D eigenvalue weighted by Crippen LogP contribution is -2.50. The number of anilines is 1. The van der Waals surface area contributed by atoms with Crippen LogP contribution >= 0.6 is 0 Å². The Balaban J connectivity index is 1.60. The molecule has 26 heavy (non-hydrogen) atoms. The second kappa shape index (κ2) is 7.19. The minimum Gasteiger partial charge on any atom is -0.444 e. The monoisotopic (exact) mass is 357 g/mol. The van der Waals surface area contributed by atoms with Crippen LogP contribution in [0.2, 0.25) is 0 Å². The van der Waals surface area contributed by atoms with E-state index in [9.17, 15) is 9.59 Å². The summed E-state index contributed by atoms with van der Waals surface area (Å²) in [5.41, 5.74) is 0.0497. The van der Waals surface area contributed by atoms with Crippen LogP contribution in [-0.4, -0.2) is 53.5 Å². The molecule has 0 N–H and O–H groups in total. The number of oxazole rings is 1. The van der Waals surface area contributed by atoms with E-state index in [-0.39, 0.29) is 17.6 Å². The molecule has 1 aromatic heterocycles. The van der Waals surface area contributed by atoms with Gasteiger partial charge in [0.2, 0.25) is 5.78 Å². The third kappa shape index (κ3) is 4.22. The lowest BCUT2D eigenvalue weighted by atomic mass is 10.1. The molecular formula is C19H23N3O4. The maximum Gasteiger partial charge on any atom is 0.410 e. The number of rotatable bonds is 3. The third-order valence-electron chi connectivity index (χ3n) is 3.96. The van der Waals surface area contributed by atoms with Crippen molar-refractivity contribution in [3.63, 3.8) is 0 Å². The number of nitrogens with zero attached hydrogens (tertiary/aromatic N) is 3. The van der Waals surface area contributed by atoms with E-state index < -0.39 is 5.60 Å². The fraction of sp³-hybridized carbons (Fsp3) is 0.421. The molecule has 3 rings (SSSR count). The Bertz CT molecular complexity index is 772. The predicted octanol–water partition coefficient (Wildman–Crippen LogP) is 2.96. The summed E-state index contributed by atoms with van der Waals surface area (Å²) < 4.78 is 11.0. The topological polar surface area (TPSA) is 75.9 Å². The molecule has 1 fully saturated rings. The molecule has 1 amide bonds. The van der Waals surface area contributed by atoms with Gasteiger partial charge >= 0.3 is 6.09 Å². The van der Waals surface area contributed by atoms with Gasteiger partial charge in [0.1, 0.15) is 5.60 Å². The van der Waals surface area contributed by atoms with Crippen LogP contribution in [0.4, 0.5) is 10.8 Å². The van der Waals surface area contributed by atoms with Gasteiger partial charge in [-0.2, -0.15) is 0 Å². The van der Waals surface area contributed by atoms with Crippen molar-refractivity contribution in [2.24, 2.45) is 0 Å². The molecule has 0 radical (unpaired) electrons. The fourth-order valence-corrected chi connectivity index (χ4v) is 2.65. The normalized spacial score (nSPS) is 15.0. The second-order valence-electron chi connectivity index (χ2n) is 7.16. The van der Waals surface area contributed by atoms with Gasteiger partial charge in [-0.05, 0) is 20.8 Å². The molecule has 2 heterocycles. The number of carbonyl (C=O) groups is 2. The van der Waals surface area contributed by atoms with Crippen LogP contribution in [0.5, 0.6) is 0 Å². The molecule has 1 saturated heterocycles. The molecule has 0 saturated carbocycles. The van der Waals surface area contributed by atoms with E-state index >= 15 is 0 Å². The summed E-state index contributed by atoms with van der Waals surface area (Å²) in [6.07, 6.45) is 1.13. The first-order valence-corrected chi connectivity index (χ1v) is 8.62. The number of aromatic nitrogens is 1. The van der Waals surface area contributed by atoms with E-state index in [2.05, 4.69) is 4.98 Å². The van der Waals surface area contributed by atoms with Gasteiger partial charge < -0.3 is 19.0 Å². The highest BCUT2D eigenvalue weighted by Gasteiger charge is 2.28. The highest BCUT2D eigenvalue weighted by atomic mass is 16.6. The first-order chi connectivity index (χ1) is 12.3. The van der Waals surface area contributed by atoms with Gasteiger partial charge in [-0.1, -0.05) is 30.3 Å². The number of benzene rings is 1. The van der Waals surface area contributed by atoms with Crippen molar-refractivity contribution in [1.82, 2.24) is 9.88 Å². The van der Waals surface area contributed by atoms with Crippen molar-refractivity contribution in [2.45, 2.75) is 26.4 Å². The van der Waals surface area contributed by atoms with Crippen molar-refractivity contribution >= 4 is 17.9 Å². The Morgan fingerprint density at radius 1 is 1.08 bits per heavy atom. The van der Waals surface area contributed by atoms with Crippen LogP contribution in [0.1, 0.15) is 36.9 Å². The molecule has 138 valence electrons. The van der Waals surface area contributed by atoms with Gasteiger partial charge in [0.05, 0.1) is 6.20 Å². The standard InChI is InChI=1S/C19H23N3O4/c1-19(2,3)26-18(24)22-11-9-21(10-12-22)17-20-13-15(25-17)16(23)14-7-5-4-6-8-14/h4-8,13H,9-12H2,1-3H3. The number of carbonyl (C=O) groups excluding carboxylic acids is 2. The zero-order valence-corrected chi connectivity index (χ0v) is 15.3. The minimum atomic E-state index is -0.510. The number of hydrogen-bond donors (Lipinski definition) is 0. The third-order valence-corrected chi connectivity index (χ3v) is 3.96. The van der Waals surface area contributed by atoms with E-state index in [1.54, 1.807) is 29.2 Å². The smallest absolute Gasteiger partial charge is 0.410 e. The van der Waals surface area contributed by atoms with Crippen LogP contribution in [0, 0.1) is 0 Å². The summed E-state index contributed by atoms with van der Waals surface area (Å²) in [4.78, 5) is 32.3. The summed E-state index contributed by atoms with van der Waals surface area (Å²) in [6.45, 7) is 7.70. The molecule has 1 aliphatic heterocycles. The maximum atomic E-state index is 12.4. The molecule has 0 aliphatic carbocycles. The second-order valence-corrected chi connectivity index (χ2v) is 7.16. The quantitative estimate of drug-likeness (QED) is 0.786. The van der Waals surface area contributed by atoms with Gasteiger partial charge in [-0.25, -0.2) is 9.78 Å². The average molecular weight is 357 g/mol. The SMILES string of the molecule is CC(C)(C)OC(=O)N1CCN(c2ncc(C(=O)c3ccccc3)o2)CC1. The first kappa shape index (κ1) is 18.0. The van der Waals surface area contributed by atoms with E-state index in [1.165, 1.54) is 6.20 Å². The van der Waals surface area contributed by atoms with Crippen molar-refractivity contribution in [1.29, 1.82) is 0 Å². The molecule has 7 nitrogen and oxygen atoms in total. The molecule has 0 atom stereocenters. The van der Waals surface area contributed by atoms with Crippen molar-refractivity contribution in [3.05, 3.63) is 47.9 Å². The van der Waals surface area contributed by atoms with E-state index in [4.69, 9.17) is 9.15 Å². The summed E-state index contributed by atoms with van der Waals surface area (Å²) in [5.74, 6) is 0.0116. The molecule has 0 unspecified atom stereocenters. The van der Waals surface area contributed by atoms with Gasteiger partial charge in [0, 0.05) is 31.7 Å². The Labute approximate surface area is 152 Å². The lowest BCUT2D eigenvalue weighted by Gasteiger charge is -2.34. The number of ether oxygens (including phenoxy) is 1. The van der Waals surface area contributed by atoms with Crippen LogP contribution < -0.4 is 4.90 Å². The zero-order valence-electron chi connectivity index (χ0n) is 15.3. The van der Waals surface area contributed by atoms with Gasteiger partial charge in [0.15, 0.2) is 5.76 Å². The lowest BCUT2D eigenvalue weighted by molar-refractivity contribution is 0.0239. The Hall–Kier alpha value is -2.83. The Morgan fingerprint density at radius 3 is 2.35 bits per heavy atom. The molecule has 1 aliphatic rings. The highest BCUT2D eigenvalue weighted by Crippen LogP contribution is 2.20. The first-order valence-electron chi connectivity index (χ1n) is 8.62. The Morgan fingerprint density at radius 2 is 1.73 bits per heavy atom. The largest absolute Gasteiger partial charge is 0.444 e. The Kier molecular flexibility index (Phi) is 4.97. The predicted molar refractivity (Wildman–Crippen MR) is 96.4 cm³/mol. The summed E-state index contributed by atoms with van der Waals surface area (Å²) in [6, 6.07) is 9.34. The fourth-order valence-electron chi connectivity index (χ4n) is 2.65. The van der Waals surface area contributed by atoms with E-state index in [1.807, 2.05) is 31.7 Å². The van der Waals surface area contributed by atoms with Crippen molar-refractivity contribution in [3.8, 4) is 0 Å². The minimum absolute atomic E-state index is 0.197. The molecule has 7 heteroatoms. The van der Waals surface area contributed by atoms with E-state index in [0.29, 0.717) is 37.8 Å². The zero-order chi connectivity index (χ0) is 18.7. The molecule has 2 aromatic rings. The summed E-state index contributed by atoms with van der Waals surface area (Å²) in [5, 5.41) is 0. The molecule has 1 aromatic carbocycles. The molecule has 0 spiro atoms. The van der Waals surface area contributed by atoms with Gasteiger partial charge in [0.25, 0.3) is 6.01 Å². The number of hydrogen-bond acceptors (Lipinski definition) is 6. The van der Waals surface area contributed by atoms with Crippen LogP contribution in [-0.2, 0) is 4.74 Å². The highest BCUT2D eigenvalue weighted by molar-refractivity contribution is 6.07. The van der Waals surface area contributed by atoms with Crippen LogP contribution in [0.3, 0.4) is 0 Å². The number of ketones is 1. The van der Waals surface area contributed by atoms with Gasteiger partial charge in [-0.3, -0.25) is 4.79 Å². The maximum absolute atomic E-state index is 12.4. The van der Waals surface area contributed by atoms with Gasteiger partial charge in [-0.15, -0.1) is 0 Å². The number of amides is 1.